The minimum Gasteiger partial charge on any atom is -0.193 e. The van der Waals surface area contributed by atoms with Crippen molar-refractivity contribution in [1.29, 1.82) is 0 Å². The van der Waals surface area contributed by atoms with Crippen molar-refractivity contribution in [1.82, 2.24) is 0 Å². The van der Waals surface area contributed by atoms with Crippen LogP contribution in [0.15, 0.2) is 0 Å². The Hall–Kier alpha value is 0.820. The van der Waals surface area contributed by atoms with Gasteiger partial charge in [0.25, 0.3) is 0 Å². The highest BCUT2D eigenvalue weighted by molar-refractivity contribution is 9.12. The van der Waals surface area contributed by atoms with Gasteiger partial charge in [-0.3, -0.25) is 0 Å². The fourth-order valence-electron chi connectivity index (χ4n) is 0. The van der Waals surface area contributed by atoms with Crippen LogP contribution in [0.1, 0.15) is 0 Å². The standard InChI is InChI=1S/C3H3Br2F2/c1-2(4)3(5,6)7/h2H,1H2. The molecule has 0 N–H and O–H groups in total. The predicted molar refractivity (Wildman–Crippen MR) is 31.9 cm³/mol. The third-order valence-corrected chi connectivity index (χ3v) is 2.10. The van der Waals surface area contributed by atoms with E-state index in [1.807, 2.05) is 0 Å². The van der Waals surface area contributed by atoms with Crippen molar-refractivity contribution < 1.29 is 8.78 Å². The highest BCUT2D eigenvalue weighted by atomic mass is 79.9. The van der Waals surface area contributed by atoms with Crippen LogP contribution in [0.2, 0.25) is 0 Å². The summed E-state index contributed by atoms with van der Waals surface area (Å²) >= 11 is 4.69. The molecule has 0 aliphatic carbocycles. The Balaban J connectivity index is 3.54. The Morgan fingerprint density at radius 2 is 1.71 bits per heavy atom. The minimum atomic E-state index is -2.88. The predicted octanol–water partition coefficient (Wildman–Crippen LogP) is 2.57. The van der Waals surface area contributed by atoms with Gasteiger partial charge in [-0.05, 0) is 22.9 Å². The van der Waals surface area contributed by atoms with E-state index in [1.54, 1.807) is 0 Å². The molecule has 0 fully saturated rings. The number of halogens is 4. The molecular formula is C3H3Br2F2. The maximum absolute atomic E-state index is 11.7. The summed E-state index contributed by atoms with van der Waals surface area (Å²) in [6.07, 6.45) is 0. The minimum absolute atomic E-state index is 1.06. The Morgan fingerprint density at radius 3 is 1.71 bits per heavy atom. The number of hydrogen-bond acceptors (Lipinski definition) is 0. The lowest BCUT2D eigenvalue weighted by molar-refractivity contribution is 0.125. The molecule has 7 heavy (non-hydrogen) atoms. The second kappa shape index (κ2) is 2.40. The zero-order valence-corrected chi connectivity index (χ0v) is 6.47. The molecule has 0 aliphatic rings. The van der Waals surface area contributed by atoms with Gasteiger partial charge in [0, 0.05) is 0 Å². The third kappa shape index (κ3) is 3.41. The topological polar surface area (TPSA) is 0 Å². The lowest BCUT2D eigenvalue weighted by atomic mass is 10.5. The van der Waals surface area contributed by atoms with Crippen molar-refractivity contribution in [3.8, 4) is 0 Å². The van der Waals surface area contributed by atoms with Gasteiger partial charge in [-0.1, -0.05) is 15.9 Å². The second-order valence-corrected chi connectivity index (χ2v) is 3.17. The molecule has 0 saturated carbocycles. The van der Waals surface area contributed by atoms with Gasteiger partial charge >= 0.3 is 4.83 Å². The van der Waals surface area contributed by atoms with E-state index in [9.17, 15) is 8.78 Å². The van der Waals surface area contributed by atoms with Crippen LogP contribution < -0.4 is 0 Å². The molecule has 0 saturated heterocycles. The van der Waals surface area contributed by atoms with Crippen molar-refractivity contribution in [2.45, 2.75) is 9.66 Å². The highest BCUT2D eigenvalue weighted by Gasteiger charge is 2.29. The van der Waals surface area contributed by atoms with Crippen LogP contribution in [0, 0.1) is 6.92 Å². The van der Waals surface area contributed by atoms with Crippen molar-refractivity contribution in [3.05, 3.63) is 6.92 Å². The quantitative estimate of drug-likeness (QED) is 0.614. The van der Waals surface area contributed by atoms with Gasteiger partial charge in [-0.15, -0.1) is 0 Å². The molecule has 0 spiro atoms. The Bertz CT molecular complexity index is 56.4. The van der Waals surface area contributed by atoms with E-state index in [1.165, 1.54) is 0 Å². The van der Waals surface area contributed by atoms with Crippen LogP contribution in [0.3, 0.4) is 0 Å². The Labute approximate surface area is 57.5 Å². The summed E-state index contributed by atoms with van der Waals surface area (Å²) in [6, 6.07) is 0. The summed E-state index contributed by atoms with van der Waals surface area (Å²) in [7, 11) is 0. The monoisotopic (exact) mass is 235 g/mol. The normalized spacial score (nSPS) is 16.7. The van der Waals surface area contributed by atoms with Crippen molar-refractivity contribution in [2.75, 3.05) is 0 Å². The van der Waals surface area contributed by atoms with Gasteiger partial charge < -0.3 is 0 Å². The van der Waals surface area contributed by atoms with Crippen LogP contribution in [-0.4, -0.2) is 9.66 Å². The molecule has 1 radical (unpaired) electrons. The average molecular weight is 237 g/mol. The average Bonchev–Trinajstić information content (AvgIpc) is 1.31. The third-order valence-electron chi connectivity index (χ3n) is 0.355. The first-order valence-corrected chi connectivity index (χ1v) is 3.19. The lowest BCUT2D eigenvalue weighted by Gasteiger charge is -2.08. The highest BCUT2D eigenvalue weighted by Crippen LogP contribution is 2.30. The molecule has 1 unspecified atom stereocenters. The molecule has 0 aliphatic heterocycles. The van der Waals surface area contributed by atoms with E-state index in [-0.39, 0.29) is 0 Å². The first-order chi connectivity index (χ1) is 2.94. The van der Waals surface area contributed by atoms with Crippen molar-refractivity contribution in [2.24, 2.45) is 0 Å². The van der Waals surface area contributed by atoms with Gasteiger partial charge in [0.05, 0.1) is 4.83 Å². The molecule has 0 amide bonds. The van der Waals surface area contributed by atoms with Crippen molar-refractivity contribution >= 4 is 31.9 Å². The molecule has 43 valence electrons. The summed E-state index contributed by atoms with van der Waals surface area (Å²) in [5, 5.41) is 0. The lowest BCUT2D eigenvalue weighted by Crippen LogP contribution is -2.16. The Kier molecular flexibility index (Phi) is 2.68. The number of hydrogen-bond donors (Lipinski definition) is 0. The fraction of sp³-hybridized carbons (Fsp3) is 0.667. The van der Waals surface area contributed by atoms with E-state index in [0.29, 0.717) is 0 Å². The molecular weight excluding hydrogens is 234 g/mol. The molecule has 0 nitrogen and oxygen atoms in total. The summed E-state index contributed by atoms with van der Waals surface area (Å²) in [5.41, 5.74) is 0. The molecule has 1 atom stereocenters. The van der Waals surface area contributed by atoms with E-state index in [2.05, 4.69) is 38.8 Å². The van der Waals surface area contributed by atoms with E-state index in [0.717, 1.165) is 0 Å². The van der Waals surface area contributed by atoms with Gasteiger partial charge in [0.2, 0.25) is 0 Å². The van der Waals surface area contributed by atoms with Crippen LogP contribution in [0.4, 0.5) is 8.78 Å². The first-order valence-electron chi connectivity index (χ1n) is 1.48. The van der Waals surface area contributed by atoms with E-state index < -0.39 is 9.66 Å². The maximum Gasteiger partial charge on any atom is 0.313 e. The summed E-state index contributed by atoms with van der Waals surface area (Å²) in [4.78, 5) is -3.94. The van der Waals surface area contributed by atoms with E-state index in [4.69, 9.17) is 0 Å². The largest absolute Gasteiger partial charge is 0.313 e. The SMILES string of the molecule is [CH2]C(Br)C(F)(F)Br. The molecule has 0 aromatic rings. The second-order valence-electron chi connectivity index (χ2n) is 1.01. The van der Waals surface area contributed by atoms with Gasteiger partial charge in [-0.2, -0.15) is 8.78 Å². The van der Waals surface area contributed by atoms with Crippen LogP contribution in [0.5, 0.6) is 0 Å². The summed E-state index contributed by atoms with van der Waals surface area (Å²) in [5.74, 6) is 0. The Morgan fingerprint density at radius 1 is 1.57 bits per heavy atom. The molecule has 4 heteroatoms. The zero-order valence-electron chi connectivity index (χ0n) is 3.30. The molecule has 0 heterocycles. The summed E-state index contributed by atoms with van der Waals surface area (Å²) < 4.78 is 23.3. The van der Waals surface area contributed by atoms with Gasteiger partial charge in [0.15, 0.2) is 0 Å². The van der Waals surface area contributed by atoms with Gasteiger partial charge in [0.1, 0.15) is 0 Å². The molecule has 0 rings (SSSR count). The van der Waals surface area contributed by atoms with E-state index >= 15 is 0 Å². The number of alkyl halides is 4. The molecule has 0 bridgehead atoms. The summed E-state index contributed by atoms with van der Waals surface area (Å²) in [6.45, 7) is 3.03. The van der Waals surface area contributed by atoms with Crippen LogP contribution >= 0.6 is 31.9 Å². The fourth-order valence-corrected chi connectivity index (χ4v) is 0. The maximum atomic E-state index is 11.7. The molecule has 0 aromatic heterocycles. The van der Waals surface area contributed by atoms with Gasteiger partial charge in [-0.25, -0.2) is 0 Å². The smallest absolute Gasteiger partial charge is 0.193 e. The van der Waals surface area contributed by atoms with Crippen molar-refractivity contribution in [3.63, 3.8) is 0 Å². The van der Waals surface area contributed by atoms with Crippen LogP contribution in [-0.2, 0) is 0 Å². The molecule has 0 aromatic carbocycles. The zero-order chi connectivity index (χ0) is 6.08. The first kappa shape index (κ1) is 7.82. The van der Waals surface area contributed by atoms with Crippen LogP contribution in [0.25, 0.3) is 0 Å². The number of rotatable bonds is 1.